The first-order chi connectivity index (χ1) is 15.1. The highest BCUT2D eigenvalue weighted by Gasteiger charge is 2.42. The van der Waals surface area contributed by atoms with Crippen LogP contribution in [0, 0.1) is 5.92 Å². The summed E-state index contributed by atoms with van der Waals surface area (Å²) in [6.07, 6.45) is 0. The summed E-state index contributed by atoms with van der Waals surface area (Å²) in [5.41, 5.74) is 1.93. The number of carbonyl (C=O) groups is 2. The summed E-state index contributed by atoms with van der Waals surface area (Å²) in [5.74, 6) is -1.42. The Balaban J connectivity index is 1.53. The lowest BCUT2D eigenvalue weighted by Gasteiger charge is -2.39. The maximum atomic E-state index is 12.9. The maximum absolute atomic E-state index is 12.9. The van der Waals surface area contributed by atoms with Gasteiger partial charge in [-0.25, -0.2) is 4.99 Å². The van der Waals surface area contributed by atoms with Crippen LogP contribution in [0.3, 0.4) is 0 Å². The Kier molecular flexibility index (Phi) is 6.42. The molecule has 31 heavy (non-hydrogen) atoms. The van der Waals surface area contributed by atoms with Gasteiger partial charge in [0.15, 0.2) is 5.92 Å². The van der Waals surface area contributed by atoms with Gasteiger partial charge in [-0.15, -0.1) is 0 Å². The van der Waals surface area contributed by atoms with Crippen LogP contribution in [0.1, 0.15) is 18.5 Å². The van der Waals surface area contributed by atoms with E-state index < -0.39 is 17.9 Å². The minimum Gasteiger partial charge on any atom is -0.465 e. The summed E-state index contributed by atoms with van der Waals surface area (Å²) in [7, 11) is 0. The van der Waals surface area contributed by atoms with Crippen molar-refractivity contribution >= 4 is 35.1 Å². The number of rotatable bonds is 4. The molecule has 1 saturated heterocycles. The number of aliphatic imine (C=N–C) groups is 1. The van der Waals surface area contributed by atoms with Crippen LogP contribution < -0.4 is 10.2 Å². The molecule has 2 unspecified atom stereocenters. The Labute approximate surface area is 186 Å². The highest BCUT2D eigenvalue weighted by atomic mass is 35.5. The van der Waals surface area contributed by atoms with Gasteiger partial charge in [0.1, 0.15) is 6.04 Å². The van der Waals surface area contributed by atoms with Gasteiger partial charge < -0.3 is 14.5 Å². The number of carbonyl (C=O) groups excluding carboxylic acids is 2. The molecule has 2 heterocycles. The van der Waals surface area contributed by atoms with Crippen molar-refractivity contribution in [2.24, 2.45) is 10.9 Å². The monoisotopic (exact) mass is 440 g/mol. The quantitative estimate of drug-likeness (QED) is 0.584. The number of nitrogens with zero attached hydrogens (tertiary/aromatic N) is 3. The number of piperazine rings is 1. The molecule has 2 atom stereocenters. The number of esters is 1. The van der Waals surface area contributed by atoms with E-state index in [1.165, 1.54) is 0 Å². The topological polar surface area (TPSA) is 74.2 Å². The first-order valence-corrected chi connectivity index (χ1v) is 10.8. The van der Waals surface area contributed by atoms with Crippen molar-refractivity contribution in [2.75, 3.05) is 37.7 Å². The third kappa shape index (κ3) is 4.66. The molecule has 0 radical (unpaired) electrons. The van der Waals surface area contributed by atoms with E-state index in [2.05, 4.69) is 15.1 Å². The molecule has 0 spiro atoms. The predicted molar refractivity (Wildman–Crippen MR) is 120 cm³/mol. The predicted octanol–water partition coefficient (Wildman–Crippen LogP) is 2.87. The number of nitrogens with one attached hydrogen (secondary N) is 1. The van der Waals surface area contributed by atoms with Crippen LogP contribution in [-0.4, -0.2) is 55.5 Å². The lowest BCUT2D eigenvalue weighted by Crippen LogP contribution is -2.57. The van der Waals surface area contributed by atoms with Crippen molar-refractivity contribution < 1.29 is 14.3 Å². The van der Waals surface area contributed by atoms with Gasteiger partial charge in [-0.2, -0.15) is 0 Å². The van der Waals surface area contributed by atoms with Crippen LogP contribution in [-0.2, 0) is 14.3 Å². The number of halogens is 1. The van der Waals surface area contributed by atoms with Crippen molar-refractivity contribution in [3.05, 3.63) is 65.2 Å². The molecule has 7 nitrogen and oxygen atoms in total. The van der Waals surface area contributed by atoms with Crippen molar-refractivity contribution in [3.8, 4) is 0 Å². The van der Waals surface area contributed by atoms with E-state index >= 15 is 0 Å². The Morgan fingerprint density at radius 3 is 2.35 bits per heavy atom. The third-order valence-electron chi connectivity index (χ3n) is 5.55. The average molecular weight is 441 g/mol. The molecular weight excluding hydrogens is 416 g/mol. The Morgan fingerprint density at radius 1 is 1.06 bits per heavy atom. The zero-order valence-electron chi connectivity index (χ0n) is 17.3. The molecule has 4 rings (SSSR count). The van der Waals surface area contributed by atoms with E-state index in [-0.39, 0.29) is 12.5 Å². The minimum absolute atomic E-state index is 0.216. The molecule has 8 heteroatoms. The van der Waals surface area contributed by atoms with Crippen LogP contribution in [0.4, 0.5) is 5.69 Å². The molecule has 2 aromatic carbocycles. The number of ether oxygens (including phenoxy) is 1. The highest BCUT2D eigenvalue weighted by Crippen LogP contribution is 2.31. The first kappa shape index (κ1) is 21.2. The average Bonchev–Trinajstić information content (AvgIpc) is 2.80. The third-order valence-corrected chi connectivity index (χ3v) is 5.80. The van der Waals surface area contributed by atoms with Crippen molar-refractivity contribution in [2.45, 2.75) is 13.0 Å². The van der Waals surface area contributed by atoms with E-state index in [4.69, 9.17) is 21.3 Å². The Bertz CT molecular complexity index is 957. The molecule has 0 aliphatic carbocycles. The van der Waals surface area contributed by atoms with Gasteiger partial charge in [0.25, 0.3) is 0 Å². The summed E-state index contributed by atoms with van der Waals surface area (Å²) >= 11 is 5.99. The second-order valence-corrected chi connectivity index (χ2v) is 7.91. The fourth-order valence-electron chi connectivity index (χ4n) is 3.94. The smallest absolute Gasteiger partial charge is 0.321 e. The molecule has 0 saturated carbocycles. The van der Waals surface area contributed by atoms with Crippen molar-refractivity contribution in [1.29, 1.82) is 0 Å². The highest BCUT2D eigenvalue weighted by molar-refractivity contribution is 6.30. The Hall–Kier alpha value is -3.06. The molecular formula is C23H25ClN4O3. The van der Waals surface area contributed by atoms with Gasteiger partial charge in [0.05, 0.1) is 6.61 Å². The summed E-state index contributed by atoms with van der Waals surface area (Å²) in [5, 5.41) is 3.55. The van der Waals surface area contributed by atoms with Crippen LogP contribution in [0.2, 0.25) is 5.02 Å². The number of amides is 1. The van der Waals surface area contributed by atoms with Crippen LogP contribution >= 0.6 is 11.6 Å². The standard InChI is InChI=1S/C23H25ClN4O3/c1-2-31-22(30)19-20(16-6-4-3-5-7-16)25-23(26-21(19)29)28-14-12-27(13-15-28)18-10-8-17(24)9-11-18/h3-11,19-20H,2,12-15H2,1H3,(H,25,26,29). The van der Waals surface area contributed by atoms with E-state index in [0.717, 1.165) is 24.3 Å². The van der Waals surface area contributed by atoms with Gasteiger partial charge in [-0.3, -0.25) is 14.9 Å². The molecule has 0 bridgehead atoms. The van der Waals surface area contributed by atoms with Crippen LogP contribution in [0.25, 0.3) is 0 Å². The molecule has 0 aromatic heterocycles. The Morgan fingerprint density at radius 2 is 1.71 bits per heavy atom. The van der Waals surface area contributed by atoms with E-state index in [0.29, 0.717) is 24.1 Å². The number of guanidine groups is 1. The van der Waals surface area contributed by atoms with Gasteiger partial charge in [-0.1, -0.05) is 41.9 Å². The molecule has 2 aliphatic heterocycles. The molecule has 1 fully saturated rings. The largest absolute Gasteiger partial charge is 0.465 e. The van der Waals surface area contributed by atoms with Crippen molar-refractivity contribution in [1.82, 2.24) is 10.2 Å². The SMILES string of the molecule is CCOC(=O)C1C(=O)NC(N2CCN(c3ccc(Cl)cc3)CC2)=NC1c1ccccc1. The van der Waals surface area contributed by atoms with Crippen molar-refractivity contribution in [3.63, 3.8) is 0 Å². The molecule has 2 aromatic rings. The lowest BCUT2D eigenvalue weighted by atomic mass is 9.91. The molecule has 162 valence electrons. The summed E-state index contributed by atoms with van der Waals surface area (Å²) in [4.78, 5) is 34.6. The van der Waals surface area contributed by atoms with E-state index in [1.807, 2.05) is 54.6 Å². The zero-order chi connectivity index (χ0) is 21.8. The maximum Gasteiger partial charge on any atom is 0.321 e. The molecule has 2 aliphatic rings. The minimum atomic E-state index is -0.999. The normalized spacial score (nSPS) is 21.4. The van der Waals surface area contributed by atoms with Crippen LogP contribution in [0.5, 0.6) is 0 Å². The van der Waals surface area contributed by atoms with Gasteiger partial charge >= 0.3 is 5.97 Å². The summed E-state index contributed by atoms with van der Waals surface area (Å²) in [6.45, 7) is 4.92. The lowest BCUT2D eigenvalue weighted by molar-refractivity contribution is -0.153. The van der Waals surface area contributed by atoms with Gasteiger partial charge in [0, 0.05) is 36.9 Å². The first-order valence-electron chi connectivity index (χ1n) is 10.4. The number of hydrogen-bond donors (Lipinski definition) is 1. The summed E-state index contributed by atoms with van der Waals surface area (Å²) in [6, 6.07) is 16.6. The number of anilines is 1. The van der Waals surface area contributed by atoms with Gasteiger partial charge in [0.2, 0.25) is 11.9 Å². The molecule has 1 amide bonds. The van der Waals surface area contributed by atoms with E-state index in [9.17, 15) is 9.59 Å². The van der Waals surface area contributed by atoms with Gasteiger partial charge in [-0.05, 0) is 36.8 Å². The second-order valence-electron chi connectivity index (χ2n) is 7.48. The van der Waals surface area contributed by atoms with Crippen LogP contribution in [0.15, 0.2) is 59.6 Å². The fourth-order valence-corrected chi connectivity index (χ4v) is 4.07. The summed E-state index contributed by atoms with van der Waals surface area (Å²) < 4.78 is 5.16. The fraction of sp³-hybridized carbons (Fsp3) is 0.348. The molecule has 1 N–H and O–H groups in total. The zero-order valence-corrected chi connectivity index (χ0v) is 18.1. The number of benzene rings is 2. The number of hydrogen-bond acceptors (Lipinski definition) is 6. The van der Waals surface area contributed by atoms with E-state index in [1.54, 1.807) is 6.92 Å². The second kappa shape index (κ2) is 9.39.